The molecule has 0 spiro atoms. The van der Waals surface area contributed by atoms with Crippen molar-refractivity contribution in [2.45, 2.75) is 13.3 Å². The molecule has 2 rings (SSSR count). The molecule has 1 aliphatic carbocycles. The first kappa shape index (κ1) is 9.38. The van der Waals surface area contributed by atoms with Gasteiger partial charge in [-0.1, -0.05) is 6.92 Å². The molecule has 1 fully saturated rings. The molecule has 1 aromatic carbocycles. The second-order valence-corrected chi connectivity index (χ2v) is 4.08. The summed E-state index contributed by atoms with van der Waals surface area (Å²) in [7, 11) is 1.69. The van der Waals surface area contributed by atoms with Crippen LogP contribution < -0.4 is 10.1 Å². The summed E-state index contributed by atoms with van der Waals surface area (Å²) in [6.45, 7) is 3.41. The molecule has 0 bridgehead atoms. The van der Waals surface area contributed by atoms with Gasteiger partial charge in [0, 0.05) is 12.2 Å². The second-order valence-electron chi connectivity index (χ2n) is 4.08. The number of methoxy groups -OCH3 is 1. The lowest BCUT2D eigenvalue weighted by atomic mass is 10.3. The average molecular weight is 191 g/mol. The standard InChI is InChI=1S/C12H17NO/c1-9-7-10(9)8-13-11-3-5-12(14-2)6-4-11/h3-6,9-10,13H,7-8H2,1-2H3. The van der Waals surface area contributed by atoms with Crippen molar-refractivity contribution in [2.75, 3.05) is 19.0 Å². The van der Waals surface area contributed by atoms with Gasteiger partial charge in [-0.3, -0.25) is 0 Å². The van der Waals surface area contributed by atoms with Crippen molar-refractivity contribution in [1.82, 2.24) is 0 Å². The lowest BCUT2D eigenvalue weighted by Gasteiger charge is -2.06. The minimum absolute atomic E-state index is 0.886. The molecule has 2 unspecified atom stereocenters. The summed E-state index contributed by atoms with van der Waals surface area (Å²) in [6, 6.07) is 8.09. The van der Waals surface area contributed by atoms with E-state index in [2.05, 4.69) is 24.4 Å². The Morgan fingerprint density at radius 1 is 1.36 bits per heavy atom. The first-order chi connectivity index (χ1) is 6.79. The van der Waals surface area contributed by atoms with E-state index < -0.39 is 0 Å². The molecule has 0 radical (unpaired) electrons. The van der Waals surface area contributed by atoms with Gasteiger partial charge in [-0.2, -0.15) is 0 Å². The van der Waals surface area contributed by atoms with Crippen molar-refractivity contribution >= 4 is 5.69 Å². The van der Waals surface area contributed by atoms with Crippen molar-refractivity contribution < 1.29 is 4.74 Å². The number of ether oxygens (including phenoxy) is 1. The Kier molecular flexibility index (Phi) is 2.62. The zero-order chi connectivity index (χ0) is 9.97. The number of anilines is 1. The van der Waals surface area contributed by atoms with E-state index in [-0.39, 0.29) is 0 Å². The highest BCUT2D eigenvalue weighted by atomic mass is 16.5. The van der Waals surface area contributed by atoms with Crippen LogP contribution in [0.3, 0.4) is 0 Å². The van der Waals surface area contributed by atoms with Crippen LogP contribution in [-0.2, 0) is 0 Å². The van der Waals surface area contributed by atoms with E-state index in [4.69, 9.17) is 4.74 Å². The van der Waals surface area contributed by atoms with Gasteiger partial charge < -0.3 is 10.1 Å². The highest BCUT2D eigenvalue weighted by Gasteiger charge is 2.31. The Balaban J connectivity index is 1.84. The SMILES string of the molecule is COc1ccc(NCC2CC2C)cc1. The molecule has 0 aliphatic heterocycles. The predicted octanol–water partition coefficient (Wildman–Crippen LogP) is 2.76. The predicted molar refractivity (Wildman–Crippen MR) is 58.8 cm³/mol. The van der Waals surface area contributed by atoms with E-state index in [9.17, 15) is 0 Å². The maximum atomic E-state index is 5.10. The van der Waals surface area contributed by atoms with E-state index >= 15 is 0 Å². The molecule has 14 heavy (non-hydrogen) atoms. The molecule has 0 amide bonds. The number of rotatable bonds is 4. The van der Waals surface area contributed by atoms with Crippen molar-refractivity contribution in [1.29, 1.82) is 0 Å². The molecule has 1 aliphatic rings. The van der Waals surface area contributed by atoms with Crippen molar-refractivity contribution in [2.24, 2.45) is 11.8 Å². The van der Waals surface area contributed by atoms with Gasteiger partial charge in [-0.25, -0.2) is 0 Å². The molecule has 2 atom stereocenters. The summed E-state index contributed by atoms with van der Waals surface area (Å²) in [6.07, 6.45) is 1.38. The second kappa shape index (κ2) is 3.91. The van der Waals surface area contributed by atoms with Crippen LogP contribution in [0, 0.1) is 11.8 Å². The molecule has 2 heteroatoms. The third-order valence-electron chi connectivity index (χ3n) is 2.93. The smallest absolute Gasteiger partial charge is 0.119 e. The molecule has 76 valence electrons. The normalized spacial score (nSPS) is 24.4. The Hall–Kier alpha value is -1.18. The fraction of sp³-hybridized carbons (Fsp3) is 0.500. The minimum atomic E-state index is 0.886. The first-order valence-corrected chi connectivity index (χ1v) is 5.17. The molecular formula is C12H17NO. The molecule has 0 aromatic heterocycles. The summed E-state index contributed by atoms with van der Waals surface area (Å²) in [5.74, 6) is 2.72. The van der Waals surface area contributed by atoms with E-state index in [0.717, 1.165) is 24.1 Å². The van der Waals surface area contributed by atoms with Crippen LogP contribution in [0.4, 0.5) is 5.69 Å². The maximum absolute atomic E-state index is 5.10. The van der Waals surface area contributed by atoms with Crippen LogP contribution in [0.1, 0.15) is 13.3 Å². The zero-order valence-electron chi connectivity index (χ0n) is 8.79. The van der Waals surface area contributed by atoms with Gasteiger partial charge in [-0.05, 0) is 42.5 Å². The Morgan fingerprint density at radius 2 is 2.00 bits per heavy atom. The lowest BCUT2D eigenvalue weighted by Crippen LogP contribution is -2.03. The van der Waals surface area contributed by atoms with E-state index in [1.165, 1.54) is 12.1 Å². The van der Waals surface area contributed by atoms with E-state index in [0.29, 0.717) is 0 Å². The monoisotopic (exact) mass is 191 g/mol. The van der Waals surface area contributed by atoms with E-state index in [1.54, 1.807) is 7.11 Å². The van der Waals surface area contributed by atoms with Gasteiger partial charge in [0.2, 0.25) is 0 Å². The van der Waals surface area contributed by atoms with Gasteiger partial charge in [0.1, 0.15) is 5.75 Å². The topological polar surface area (TPSA) is 21.3 Å². The summed E-state index contributed by atoms with van der Waals surface area (Å²) in [5, 5.41) is 3.43. The fourth-order valence-electron chi connectivity index (χ4n) is 1.64. The average Bonchev–Trinajstić information content (AvgIpc) is 2.92. The van der Waals surface area contributed by atoms with Crippen LogP contribution in [-0.4, -0.2) is 13.7 Å². The summed E-state index contributed by atoms with van der Waals surface area (Å²) in [5.41, 5.74) is 1.19. The summed E-state index contributed by atoms with van der Waals surface area (Å²) < 4.78 is 5.10. The third kappa shape index (κ3) is 2.19. The molecule has 0 saturated heterocycles. The molecular weight excluding hydrogens is 174 g/mol. The number of hydrogen-bond acceptors (Lipinski definition) is 2. The number of nitrogens with one attached hydrogen (secondary N) is 1. The van der Waals surface area contributed by atoms with Crippen molar-refractivity contribution in [3.63, 3.8) is 0 Å². The first-order valence-electron chi connectivity index (χ1n) is 5.17. The molecule has 1 N–H and O–H groups in total. The van der Waals surface area contributed by atoms with E-state index in [1.807, 2.05) is 12.1 Å². The van der Waals surface area contributed by atoms with Crippen molar-refractivity contribution in [3.8, 4) is 5.75 Å². The fourth-order valence-corrected chi connectivity index (χ4v) is 1.64. The largest absolute Gasteiger partial charge is 0.497 e. The van der Waals surface area contributed by atoms with Crippen LogP contribution in [0.2, 0.25) is 0 Å². The highest BCUT2D eigenvalue weighted by Crippen LogP contribution is 2.37. The molecule has 1 saturated carbocycles. The van der Waals surface area contributed by atoms with Gasteiger partial charge in [0.15, 0.2) is 0 Å². The Morgan fingerprint density at radius 3 is 2.50 bits per heavy atom. The number of hydrogen-bond donors (Lipinski definition) is 1. The van der Waals surface area contributed by atoms with Crippen LogP contribution in [0.15, 0.2) is 24.3 Å². The molecule has 1 aromatic rings. The lowest BCUT2D eigenvalue weighted by molar-refractivity contribution is 0.415. The van der Waals surface area contributed by atoms with Crippen LogP contribution in [0.25, 0.3) is 0 Å². The van der Waals surface area contributed by atoms with Crippen molar-refractivity contribution in [3.05, 3.63) is 24.3 Å². The number of benzene rings is 1. The quantitative estimate of drug-likeness (QED) is 0.790. The van der Waals surface area contributed by atoms with Crippen LogP contribution >= 0.6 is 0 Å². The van der Waals surface area contributed by atoms with Crippen LogP contribution in [0.5, 0.6) is 5.75 Å². The maximum Gasteiger partial charge on any atom is 0.119 e. The summed E-state index contributed by atoms with van der Waals surface area (Å²) >= 11 is 0. The minimum Gasteiger partial charge on any atom is -0.497 e. The van der Waals surface area contributed by atoms with Gasteiger partial charge in [0.25, 0.3) is 0 Å². The highest BCUT2D eigenvalue weighted by molar-refractivity contribution is 5.46. The Bertz CT molecular complexity index is 294. The molecule has 2 nitrogen and oxygen atoms in total. The zero-order valence-corrected chi connectivity index (χ0v) is 8.79. The Labute approximate surface area is 85.3 Å². The molecule has 0 heterocycles. The van der Waals surface area contributed by atoms with Gasteiger partial charge >= 0.3 is 0 Å². The van der Waals surface area contributed by atoms with Gasteiger partial charge in [0.05, 0.1) is 7.11 Å². The third-order valence-corrected chi connectivity index (χ3v) is 2.93. The summed E-state index contributed by atoms with van der Waals surface area (Å²) in [4.78, 5) is 0. The van der Waals surface area contributed by atoms with Gasteiger partial charge in [-0.15, -0.1) is 0 Å².